The Hall–Kier alpha value is -2.22. The van der Waals surface area contributed by atoms with Gasteiger partial charge in [0.1, 0.15) is 16.4 Å². The number of piperazine rings is 1. The minimum absolute atomic E-state index is 0.0711. The highest BCUT2D eigenvalue weighted by atomic mass is 35.5. The van der Waals surface area contributed by atoms with Gasteiger partial charge in [0.05, 0.1) is 21.9 Å². The second kappa shape index (κ2) is 7.80. The van der Waals surface area contributed by atoms with Crippen molar-refractivity contribution in [3.63, 3.8) is 0 Å². The van der Waals surface area contributed by atoms with E-state index in [0.29, 0.717) is 52.6 Å². The van der Waals surface area contributed by atoms with Crippen molar-refractivity contribution in [1.29, 1.82) is 0 Å². The molecule has 1 saturated heterocycles. The minimum atomic E-state index is -0.0711. The molecule has 6 nitrogen and oxygen atoms in total. The van der Waals surface area contributed by atoms with E-state index in [1.807, 2.05) is 17.0 Å². The van der Waals surface area contributed by atoms with Crippen molar-refractivity contribution in [2.24, 2.45) is 0 Å². The van der Waals surface area contributed by atoms with Gasteiger partial charge in [0.25, 0.3) is 5.91 Å². The van der Waals surface area contributed by atoms with Gasteiger partial charge >= 0.3 is 0 Å². The van der Waals surface area contributed by atoms with Crippen molar-refractivity contribution >= 4 is 46.1 Å². The van der Waals surface area contributed by atoms with Gasteiger partial charge in [-0.25, -0.2) is 4.98 Å². The predicted molar refractivity (Wildman–Crippen MR) is 108 cm³/mol. The number of anilines is 1. The molecular weight excluding hydrogens is 405 g/mol. The van der Waals surface area contributed by atoms with E-state index in [9.17, 15) is 4.79 Å². The van der Waals surface area contributed by atoms with Crippen molar-refractivity contribution in [3.05, 3.63) is 57.9 Å². The molecule has 1 aliphatic rings. The summed E-state index contributed by atoms with van der Waals surface area (Å²) >= 11 is 13.8. The lowest BCUT2D eigenvalue weighted by atomic mass is 10.2. The summed E-state index contributed by atoms with van der Waals surface area (Å²) in [5.41, 5.74) is 2.01. The van der Waals surface area contributed by atoms with Crippen LogP contribution in [0.1, 0.15) is 10.5 Å². The van der Waals surface area contributed by atoms with E-state index in [1.54, 1.807) is 30.0 Å². The number of thiazole rings is 1. The van der Waals surface area contributed by atoms with Crippen LogP contribution in [0.15, 0.2) is 42.2 Å². The number of hydrogen-bond acceptors (Lipinski definition) is 6. The van der Waals surface area contributed by atoms with Crippen LogP contribution in [0.3, 0.4) is 0 Å². The van der Waals surface area contributed by atoms with Crippen LogP contribution < -0.4 is 4.90 Å². The van der Waals surface area contributed by atoms with Crippen LogP contribution in [-0.2, 0) is 0 Å². The molecule has 1 fully saturated rings. The van der Waals surface area contributed by atoms with E-state index in [0.717, 1.165) is 5.69 Å². The average molecular weight is 420 g/mol. The number of hydrogen-bond donors (Lipinski definition) is 0. The van der Waals surface area contributed by atoms with Gasteiger partial charge in [0, 0.05) is 44.0 Å². The van der Waals surface area contributed by atoms with Crippen LogP contribution in [0, 0.1) is 0 Å². The van der Waals surface area contributed by atoms with Crippen LogP contribution in [0.5, 0.6) is 0 Å². The van der Waals surface area contributed by atoms with Crippen molar-refractivity contribution in [2.75, 3.05) is 31.1 Å². The molecule has 0 atom stereocenters. The highest BCUT2D eigenvalue weighted by Gasteiger charge is 2.25. The summed E-state index contributed by atoms with van der Waals surface area (Å²) in [6, 6.07) is 5.59. The Balaban J connectivity index is 1.43. The number of benzene rings is 1. The Morgan fingerprint density at radius 3 is 2.67 bits per heavy atom. The van der Waals surface area contributed by atoms with Crippen LogP contribution in [-0.4, -0.2) is 51.9 Å². The lowest BCUT2D eigenvalue weighted by Crippen LogP contribution is -2.49. The highest BCUT2D eigenvalue weighted by molar-refractivity contribution is 7.13. The third-order valence-corrected chi connectivity index (χ3v) is 6.02. The summed E-state index contributed by atoms with van der Waals surface area (Å²) in [5, 5.41) is 3.54. The number of amides is 1. The highest BCUT2D eigenvalue weighted by Crippen LogP contribution is 2.33. The third kappa shape index (κ3) is 3.76. The van der Waals surface area contributed by atoms with Gasteiger partial charge in [-0.2, -0.15) is 0 Å². The molecule has 1 aliphatic heterocycles. The monoisotopic (exact) mass is 419 g/mol. The molecule has 27 heavy (non-hydrogen) atoms. The van der Waals surface area contributed by atoms with E-state index in [1.165, 1.54) is 11.3 Å². The van der Waals surface area contributed by atoms with E-state index in [4.69, 9.17) is 23.2 Å². The van der Waals surface area contributed by atoms with E-state index >= 15 is 0 Å². The molecule has 1 amide bonds. The first-order chi connectivity index (χ1) is 13.1. The number of carbonyl (C=O) groups excluding carboxylic acids is 1. The molecular formula is C18H15Cl2N5OS. The number of nitrogens with zero attached hydrogens (tertiary/aromatic N) is 5. The quantitative estimate of drug-likeness (QED) is 0.644. The van der Waals surface area contributed by atoms with Crippen molar-refractivity contribution in [2.45, 2.75) is 0 Å². The van der Waals surface area contributed by atoms with Crippen molar-refractivity contribution in [1.82, 2.24) is 19.9 Å². The Bertz CT molecular complexity index is 957. The molecule has 3 heterocycles. The smallest absolute Gasteiger partial charge is 0.273 e. The normalized spacial score (nSPS) is 14.4. The maximum atomic E-state index is 12.8. The van der Waals surface area contributed by atoms with Gasteiger partial charge in [-0.1, -0.05) is 29.3 Å². The maximum Gasteiger partial charge on any atom is 0.273 e. The number of aromatic nitrogens is 3. The zero-order valence-corrected chi connectivity index (χ0v) is 16.5. The first kappa shape index (κ1) is 18.2. The molecule has 2 aromatic heterocycles. The molecule has 9 heteroatoms. The second-order valence-corrected chi connectivity index (χ2v) is 7.62. The van der Waals surface area contributed by atoms with Crippen LogP contribution in [0.2, 0.25) is 10.0 Å². The second-order valence-electron chi connectivity index (χ2n) is 5.98. The minimum Gasteiger partial charge on any atom is -0.367 e. The fourth-order valence-corrected chi connectivity index (χ4v) is 4.12. The zero-order valence-electron chi connectivity index (χ0n) is 14.2. The van der Waals surface area contributed by atoms with Gasteiger partial charge in [-0.3, -0.25) is 14.8 Å². The lowest BCUT2D eigenvalue weighted by molar-refractivity contribution is 0.0742. The van der Waals surface area contributed by atoms with Gasteiger partial charge in [0.2, 0.25) is 0 Å². The summed E-state index contributed by atoms with van der Waals surface area (Å²) in [6.07, 6.45) is 4.86. The third-order valence-electron chi connectivity index (χ3n) is 4.34. The molecule has 0 bridgehead atoms. The average Bonchev–Trinajstić information content (AvgIpc) is 3.21. The Morgan fingerprint density at radius 2 is 1.93 bits per heavy atom. The first-order valence-electron chi connectivity index (χ1n) is 8.33. The van der Waals surface area contributed by atoms with E-state index in [-0.39, 0.29) is 5.91 Å². The van der Waals surface area contributed by atoms with Gasteiger partial charge in [-0.15, -0.1) is 11.3 Å². The van der Waals surface area contributed by atoms with E-state index < -0.39 is 0 Å². The molecule has 1 aromatic carbocycles. The number of halogens is 2. The largest absolute Gasteiger partial charge is 0.367 e. The van der Waals surface area contributed by atoms with Crippen LogP contribution in [0.25, 0.3) is 10.7 Å². The molecule has 0 spiro atoms. The molecule has 0 radical (unpaired) electrons. The summed E-state index contributed by atoms with van der Waals surface area (Å²) in [6.45, 7) is 2.57. The molecule has 0 saturated carbocycles. The maximum absolute atomic E-state index is 12.8. The summed E-state index contributed by atoms with van der Waals surface area (Å²) in [4.78, 5) is 29.4. The predicted octanol–water partition coefficient (Wildman–Crippen LogP) is 3.87. The number of carbonyl (C=O) groups is 1. The van der Waals surface area contributed by atoms with Crippen LogP contribution in [0.4, 0.5) is 5.69 Å². The molecule has 0 unspecified atom stereocenters. The lowest BCUT2D eigenvalue weighted by Gasteiger charge is -2.36. The Kier molecular flexibility index (Phi) is 5.24. The molecule has 0 aliphatic carbocycles. The fourth-order valence-electron chi connectivity index (χ4n) is 2.95. The van der Waals surface area contributed by atoms with Gasteiger partial charge in [0.15, 0.2) is 0 Å². The molecule has 0 N–H and O–H groups in total. The van der Waals surface area contributed by atoms with Gasteiger partial charge in [-0.05, 0) is 12.1 Å². The SMILES string of the molecule is O=C(c1csc(-c2cnccn2)n1)N1CCN(c2cccc(Cl)c2Cl)CC1. The topological polar surface area (TPSA) is 62.2 Å². The molecule has 4 rings (SSSR count). The first-order valence-corrected chi connectivity index (χ1v) is 9.97. The number of rotatable bonds is 3. The summed E-state index contributed by atoms with van der Waals surface area (Å²) in [7, 11) is 0. The van der Waals surface area contributed by atoms with Gasteiger partial charge < -0.3 is 9.80 Å². The van der Waals surface area contributed by atoms with Crippen molar-refractivity contribution in [3.8, 4) is 10.7 Å². The Morgan fingerprint density at radius 1 is 1.11 bits per heavy atom. The Labute approximate surface area is 170 Å². The molecule has 138 valence electrons. The fraction of sp³-hybridized carbons (Fsp3) is 0.222. The summed E-state index contributed by atoms with van der Waals surface area (Å²) in [5.74, 6) is -0.0711. The summed E-state index contributed by atoms with van der Waals surface area (Å²) < 4.78 is 0. The van der Waals surface area contributed by atoms with Crippen LogP contribution >= 0.6 is 34.5 Å². The zero-order chi connectivity index (χ0) is 18.8. The standard InChI is InChI=1S/C18H15Cl2N5OS/c19-12-2-1-3-15(16(12)20)24-6-8-25(9-7-24)18(26)14-11-27-17(23-14)13-10-21-4-5-22-13/h1-5,10-11H,6-9H2. The molecule has 3 aromatic rings. The van der Waals surface area contributed by atoms with Crippen molar-refractivity contribution < 1.29 is 4.79 Å². The van der Waals surface area contributed by atoms with E-state index in [2.05, 4.69) is 19.9 Å².